The molecule has 112 valence electrons. The van der Waals surface area contributed by atoms with Crippen LogP contribution in [0.15, 0.2) is 29.4 Å². The van der Waals surface area contributed by atoms with Crippen LogP contribution in [0.4, 0.5) is 11.4 Å². The second-order valence-corrected chi connectivity index (χ2v) is 5.90. The molecule has 3 N–H and O–H groups in total. The fourth-order valence-electron chi connectivity index (χ4n) is 1.60. The molecule has 0 spiro atoms. The highest BCUT2D eigenvalue weighted by molar-refractivity contribution is 7.89. The fourth-order valence-corrected chi connectivity index (χ4v) is 2.79. The van der Waals surface area contributed by atoms with Crippen LogP contribution in [0.5, 0.6) is 0 Å². The second kappa shape index (κ2) is 5.46. The summed E-state index contributed by atoms with van der Waals surface area (Å²) in [5.41, 5.74) is 5.06. The third-order valence-electron chi connectivity index (χ3n) is 2.70. The molecule has 11 heteroatoms. The summed E-state index contributed by atoms with van der Waals surface area (Å²) in [7, 11) is -2.46. The molecule has 0 saturated carbocycles. The van der Waals surface area contributed by atoms with Gasteiger partial charge in [-0.2, -0.15) is 0 Å². The molecule has 0 aliphatic heterocycles. The Bertz CT molecular complexity index is 785. The van der Waals surface area contributed by atoms with Crippen LogP contribution in [0.2, 0.25) is 0 Å². The Morgan fingerprint density at radius 1 is 1.48 bits per heavy atom. The quantitative estimate of drug-likeness (QED) is 0.441. The standard InChI is InChI=1S/C10H12N6O4S/c1-15-6-12-14-10(15)5-13-21(19,20)9-4-7(11)2-3-8(9)16(17)18/h2-4,6,13H,5,11H2,1H3. The summed E-state index contributed by atoms with van der Waals surface area (Å²) in [6, 6.07) is 3.35. The van der Waals surface area contributed by atoms with Crippen molar-refractivity contribution in [1.29, 1.82) is 0 Å². The number of sulfonamides is 1. The van der Waals surface area contributed by atoms with E-state index in [0.717, 1.165) is 12.1 Å². The number of nitrogens with two attached hydrogens (primary N) is 1. The highest BCUT2D eigenvalue weighted by Gasteiger charge is 2.26. The van der Waals surface area contributed by atoms with Crippen molar-refractivity contribution >= 4 is 21.4 Å². The molecular weight excluding hydrogens is 300 g/mol. The molecule has 10 nitrogen and oxygen atoms in total. The van der Waals surface area contributed by atoms with Gasteiger partial charge >= 0.3 is 0 Å². The number of nitro groups is 1. The molecule has 21 heavy (non-hydrogen) atoms. The zero-order valence-electron chi connectivity index (χ0n) is 10.9. The Labute approximate surface area is 119 Å². The van der Waals surface area contributed by atoms with E-state index in [2.05, 4.69) is 14.9 Å². The van der Waals surface area contributed by atoms with Gasteiger partial charge in [0.1, 0.15) is 12.2 Å². The maximum Gasteiger partial charge on any atom is 0.289 e. The first kappa shape index (κ1) is 14.9. The molecule has 1 aromatic carbocycles. The molecule has 0 aliphatic carbocycles. The van der Waals surface area contributed by atoms with Crippen LogP contribution in [0.1, 0.15) is 5.82 Å². The molecule has 0 unspecified atom stereocenters. The summed E-state index contributed by atoms with van der Waals surface area (Å²) in [6.07, 6.45) is 1.41. The first-order valence-electron chi connectivity index (χ1n) is 5.67. The monoisotopic (exact) mass is 312 g/mol. The Kier molecular flexibility index (Phi) is 3.86. The molecule has 2 rings (SSSR count). The SMILES string of the molecule is Cn1cnnc1CNS(=O)(=O)c1cc(N)ccc1[N+](=O)[O-]. The number of anilines is 1. The molecular formula is C10H12N6O4S. The van der Waals surface area contributed by atoms with Crippen LogP contribution in [0, 0.1) is 10.1 Å². The van der Waals surface area contributed by atoms with Gasteiger partial charge in [-0.3, -0.25) is 10.1 Å². The van der Waals surface area contributed by atoms with Crippen LogP contribution in [-0.4, -0.2) is 28.1 Å². The van der Waals surface area contributed by atoms with Gasteiger partial charge in [0.05, 0.1) is 11.5 Å². The number of benzene rings is 1. The zero-order chi connectivity index (χ0) is 15.6. The summed E-state index contributed by atoms with van der Waals surface area (Å²) < 4.78 is 28.1. The molecule has 2 aromatic rings. The number of aryl methyl sites for hydroxylation is 1. The Morgan fingerprint density at radius 3 is 2.76 bits per heavy atom. The third-order valence-corrected chi connectivity index (χ3v) is 4.13. The first-order valence-corrected chi connectivity index (χ1v) is 7.16. The lowest BCUT2D eigenvalue weighted by Gasteiger charge is -2.07. The van der Waals surface area contributed by atoms with E-state index in [4.69, 9.17) is 5.73 Å². The van der Waals surface area contributed by atoms with Crippen LogP contribution >= 0.6 is 0 Å². The molecule has 1 aromatic heterocycles. The lowest BCUT2D eigenvalue weighted by Crippen LogP contribution is -2.25. The van der Waals surface area contributed by atoms with Gasteiger partial charge in [-0.05, 0) is 12.1 Å². The van der Waals surface area contributed by atoms with E-state index in [0.29, 0.717) is 5.82 Å². The molecule has 0 radical (unpaired) electrons. The van der Waals surface area contributed by atoms with Gasteiger partial charge < -0.3 is 10.3 Å². The number of aromatic nitrogens is 3. The molecule has 0 saturated heterocycles. The summed E-state index contributed by atoms with van der Waals surface area (Å²) in [6.45, 7) is -0.148. The molecule has 0 atom stereocenters. The minimum Gasteiger partial charge on any atom is -0.399 e. The van der Waals surface area contributed by atoms with Gasteiger partial charge in [0, 0.05) is 18.8 Å². The lowest BCUT2D eigenvalue weighted by molar-refractivity contribution is -0.387. The lowest BCUT2D eigenvalue weighted by atomic mass is 10.3. The fraction of sp³-hybridized carbons (Fsp3) is 0.200. The summed E-state index contributed by atoms with van der Waals surface area (Å²) in [4.78, 5) is 9.64. The number of hydrogen-bond donors (Lipinski definition) is 2. The predicted octanol–water partition coefficient (Wildman–Crippen LogP) is -0.216. The van der Waals surface area contributed by atoms with Crippen LogP contribution in [-0.2, 0) is 23.6 Å². The van der Waals surface area contributed by atoms with Crippen LogP contribution in [0.3, 0.4) is 0 Å². The highest BCUT2D eigenvalue weighted by atomic mass is 32.2. The van der Waals surface area contributed by atoms with Gasteiger partial charge in [-0.1, -0.05) is 0 Å². The normalized spacial score (nSPS) is 11.5. The summed E-state index contributed by atoms with van der Waals surface area (Å²) >= 11 is 0. The zero-order valence-corrected chi connectivity index (χ0v) is 11.7. The van der Waals surface area contributed by atoms with Crippen molar-refractivity contribution in [2.75, 3.05) is 5.73 Å². The van der Waals surface area contributed by atoms with Crippen molar-refractivity contribution in [3.8, 4) is 0 Å². The van der Waals surface area contributed by atoms with Crippen molar-refractivity contribution in [2.45, 2.75) is 11.4 Å². The number of nitrogen functional groups attached to an aromatic ring is 1. The van der Waals surface area contributed by atoms with Crippen molar-refractivity contribution in [1.82, 2.24) is 19.5 Å². The van der Waals surface area contributed by atoms with Gasteiger partial charge in [0.15, 0.2) is 4.90 Å². The van der Waals surface area contributed by atoms with Gasteiger partial charge in [-0.15, -0.1) is 10.2 Å². The maximum absolute atomic E-state index is 12.2. The van der Waals surface area contributed by atoms with E-state index in [-0.39, 0.29) is 12.2 Å². The Hall–Kier alpha value is -2.53. The summed E-state index contributed by atoms with van der Waals surface area (Å²) in [5.74, 6) is 0.366. The third kappa shape index (κ3) is 3.14. The topological polar surface area (TPSA) is 146 Å². The average molecular weight is 312 g/mol. The largest absolute Gasteiger partial charge is 0.399 e. The smallest absolute Gasteiger partial charge is 0.289 e. The van der Waals surface area contributed by atoms with E-state index in [1.807, 2.05) is 0 Å². The summed E-state index contributed by atoms with van der Waals surface area (Å²) in [5, 5.41) is 18.2. The minimum atomic E-state index is -4.10. The highest BCUT2D eigenvalue weighted by Crippen LogP contribution is 2.25. The Morgan fingerprint density at radius 2 is 2.19 bits per heavy atom. The maximum atomic E-state index is 12.2. The molecule has 1 heterocycles. The molecule has 0 aliphatic rings. The van der Waals surface area contributed by atoms with E-state index >= 15 is 0 Å². The van der Waals surface area contributed by atoms with Crippen molar-refractivity contribution in [3.05, 3.63) is 40.5 Å². The van der Waals surface area contributed by atoms with Crippen molar-refractivity contribution in [2.24, 2.45) is 7.05 Å². The van der Waals surface area contributed by atoms with Crippen LogP contribution in [0.25, 0.3) is 0 Å². The van der Waals surface area contributed by atoms with Crippen LogP contribution < -0.4 is 10.5 Å². The number of hydrogen-bond acceptors (Lipinski definition) is 7. The molecule has 0 bridgehead atoms. The van der Waals surface area contributed by atoms with E-state index in [9.17, 15) is 18.5 Å². The first-order chi connectivity index (χ1) is 9.81. The molecule has 0 amide bonds. The van der Waals surface area contributed by atoms with E-state index < -0.39 is 25.5 Å². The van der Waals surface area contributed by atoms with Gasteiger partial charge in [-0.25, -0.2) is 13.1 Å². The van der Waals surface area contributed by atoms with Crippen molar-refractivity contribution < 1.29 is 13.3 Å². The Balaban J connectivity index is 2.33. The predicted molar refractivity (Wildman–Crippen MR) is 72.5 cm³/mol. The van der Waals surface area contributed by atoms with E-state index in [1.165, 1.54) is 17.0 Å². The average Bonchev–Trinajstić information content (AvgIpc) is 2.81. The number of nitrogens with one attached hydrogen (secondary N) is 1. The number of nitrogens with zero attached hydrogens (tertiary/aromatic N) is 4. The van der Waals surface area contributed by atoms with Gasteiger partial charge in [0.2, 0.25) is 10.0 Å². The number of rotatable bonds is 5. The number of nitro benzene ring substituents is 1. The van der Waals surface area contributed by atoms with E-state index in [1.54, 1.807) is 7.05 Å². The van der Waals surface area contributed by atoms with Gasteiger partial charge in [0.25, 0.3) is 5.69 Å². The van der Waals surface area contributed by atoms with Crippen molar-refractivity contribution in [3.63, 3.8) is 0 Å². The second-order valence-electron chi connectivity index (χ2n) is 4.17. The molecule has 0 fully saturated rings. The minimum absolute atomic E-state index is 0.111.